The zero-order chi connectivity index (χ0) is 13.8. The molecule has 1 aliphatic heterocycles. The second-order valence-corrected chi connectivity index (χ2v) is 5.33. The molecule has 0 amide bonds. The topological polar surface area (TPSA) is 30.3 Å². The lowest BCUT2D eigenvalue weighted by Gasteiger charge is -2.28. The zero-order valence-electron chi connectivity index (χ0n) is 11.6. The van der Waals surface area contributed by atoms with E-state index in [2.05, 4.69) is 23.8 Å². The minimum Gasteiger partial charge on any atom is -0.305 e. The van der Waals surface area contributed by atoms with E-state index in [1.54, 1.807) is 12.1 Å². The van der Waals surface area contributed by atoms with Gasteiger partial charge in [0, 0.05) is 31.2 Å². The molecule has 0 saturated carbocycles. The van der Waals surface area contributed by atoms with E-state index in [0.29, 0.717) is 18.2 Å². The van der Waals surface area contributed by atoms with E-state index in [-0.39, 0.29) is 11.4 Å². The van der Waals surface area contributed by atoms with Crippen LogP contribution in [0.25, 0.3) is 0 Å². The SMILES string of the molecule is CC1CN(C)CCCN1Cc1cccc(C#N)c1F. The average Bonchev–Trinajstić information content (AvgIpc) is 2.54. The van der Waals surface area contributed by atoms with Crippen molar-refractivity contribution in [2.45, 2.75) is 25.9 Å². The zero-order valence-corrected chi connectivity index (χ0v) is 11.6. The summed E-state index contributed by atoms with van der Waals surface area (Å²) < 4.78 is 14.1. The van der Waals surface area contributed by atoms with Gasteiger partial charge in [0.15, 0.2) is 0 Å². The van der Waals surface area contributed by atoms with Gasteiger partial charge in [-0.3, -0.25) is 4.90 Å². The molecule has 0 N–H and O–H groups in total. The van der Waals surface area contributed by atoms with Crippen molar-refractivity contribution in [2.24, 2.45) is 0 Å². The molecule has 1 atom stereocenters. The molecule has 0 radical (unpaired) electrons. The molecule has 102 valence electrons. The van der Waals surface area contributed by atoms with Crippen molar-refractivity contribution in [3.8, 4) is 6.07 Å². The normalized spacial score (nSPS) is 21.9. The molecule has 3 nitrogen and oxygen atoms in total. The minimum atomic E-state index is -0.366. The van der Waals surface area contributed by atoms with Crippen LogP contribution in [0.5, 0.6) is 0 Å². The maximum absolute atomic E-state index is 14.1. The van der Waals surface area contributed by atoms with Crippen LogP contribution in [0.3, 0.4) is 0 Å². The van der Waals surface area contributed by atoms with Crippen molar-refractivity contribution < 1.29 is 4.39 Å². The summed E-state index contributed by atoms with van der Waals surface area (Å²) in [6.45, 7) is 5.81. The Labute approximate surface area is 114 Å². The van der Waals surface area contributed by atoms with Crippen molar-refractivity contribution in [3.63, 3.8) is 0 Å². The van der Waals surface area contributed by atoms with Gasteiger partial charge in [0.05, 0.1) is 5.56 Å². The van der Waals surface area contributed by atoms with Gasteiger partial charge < -0.3 is 4.90 Å². The standard InChI is InChI=1S/C15H20FN3/c1-12-10-18(2)7-4-8-19(12)11-14-6-3-5-13(9-17)15(14)16/h3,5-6,12H,4,7-8,10-11H2,1-2H3. The molecule has 1 saturated heterocycles. The number of nitrogens with zero attached hydrogens (tertiary/aromatic N) is 3. The van der Waals surface area contributed by atoms with Crippen LogP contribution >= 0.6 is 0 Å². The van der Waals surface area contributed by atoms with E-state index >= 15 is 0 Å². The minimum absolute atomic E-state index is 0.136. The Bertz CT molecular complexity index is 481. The molecule has 1 heterocycles. The molecule has 1 aromatic carbocycles. The molecule has 1 unspecified atom stereocenters. The van der Waals surface area contributed by atoms with Crippen LogP contribution in [-0.4, -0.2) is 42.5 Å². The van der Waals surface area contributed by atoms with E-state index < -0.39 is 0 Å². The third-order valence-corrected chi connectivity index (χ3v) is 3.76. The third kappa shape index (κ3) is 3.31. The number of hydrogen-bond acceptors (Lipinski definition) is 3. The van der Waals surface area contributed by atoms with Gasteiger partial charge in [0.2, 0.25) is 0 Å². The van der Waals surface area contributed by atoms with Crippen molar-refractivity contribution in [3.05, 3.63) is 35.1 Å². The van der Waals surface area contributed by atoms with Crippen LogP contribution in [0.4, 0.5) is 4.39 Å². The Morgan fingerprint density at radius 1 is 1.42 bits per heavy atom. The quantitative estimate of drug-likeness (QED) is 0.818. The number of hydrogen-bond donors (Lipinski definition) is 0. The second kappa shape index (κ2) is 6.14. The molecule has 0 aromatic heterocycles. The van der Waals surface area contributed by atoms with Crippen LogP contribution in [0.1, 0.15) is 24.5 Å². The van der Waals surface area contributed by atoms with E-state index in [9.17, 15) is 4.39 Å². The van der Waals surface area contributed by atoms with Crippen LogP contribution in [0.15, 0.2) is 18.2 Å². The fraction of sp³-hybridized carbons (Fsp3) is 0.533. The average molecular weight is 261 g/mol. The predicted octanol–water partition coefficient (Wildman–Crippen LogP) is 2.22. The first-order valence-corrected chi connectivity index (χ1v) is 6.72. The largest absolute Gasteiger partial charge is 0.305 e. The highest BCUT2D eigenvalue weighted by Crippen LogP contribution is 2.17. The lowest BCUT2D eigenvalue weighted by molar-refractivity contribution is 0.192. The number of nitriles is 1. The second-order valence-electron chi connectivity index (χ2n) is 5.33. The molecule has 0 spiro atoms. The Morgan fingerprint density at radius 3 is 2.95 bits per heavy atom. The molecule has 1 fully saturated rings. The number of rotatable bonds is 2. The summed E-state index contributed by atoms with van der Waals surface area (Å²) in [4.78, 5) is 4.61. The van der Waals surface area contributed by atoms with Crippen molar-refractivity contribution in [1.82, 2.24) is 9.80 Å². The van der Waals surface area contributed by atoms with E-state index in [1.165, 1.54) is 6.07 Å². The van der Waals surface area contributed by atoms with Crippen molar-refractivity contribution in [1.29, 1.82) is 5.26 Å². The summed E-state index contributed by atoms with van der Waals surface area (Å²) in [5.74, 6) is -0.366. The maximum atomic E-state index is 14.1. The molecular weight excluding hydrogens is 241 g/mol. The fourth-order valence-electron chi connectivity index (χ4n) is 2.66. The van der Waals surface area contributed by atoms with Gasteiger partial charge in [-0.05, 0) is 33.0 Å². The van der Waals surface area contributed by atoms with Gasteiger partial charge in [-0.25, -0.2) is 4.39 Å². The van der Waals surface area contributed by atoms with Gasteiger partial charge in [-0.2, -0.15) is 5.26 Å². The fourth-order valence-corrected chi connectivity index (χ4v) is 2.66. The summed E-state index contributed by atoms with van der Waals surface area (Å²) in [6.07, 6.45) is 1.10. The molecule has 19 heavy (non-hydrogen) atoms. The molecule has 0 aliphatic carbocycles. The Balaban J connectivity index is 2.14. The Morgan fingerprint density at radius 2 is 2.21 bits per heavy atom. The molecule has 1 aromatic rings. The summed E-state index contributed by atoms with van der Waals surface area (Å²) >= 11 is 0. The molecule has 1 aliphatic rings. The first-order chi connectivity index (χ1) is 9.11. The molecule has 4 heteroatoms. The first-order valence-electron chi connectivity index (χ1n) is 6.72. The van der Waals surface area contributed by atoms with E-state index in [0.717, 1.165) is 26.1 Å². The van der Waals surface area contributed by atoms with Crippen LogP contribution < -0.4 is 0 Å². The number of likely N-dealkylation sites (N-methyl/N-ethyl adjacent to an activating group) is 1. The number of benzene rings is 1. The monoisotopic (exact) mass is 261 g/mol. The van der Waals surface area contributed by atoms with Crippen molar-refractivity contribution in [2.75, 3.05) is 26.7 Å². The summed E-state index contributed by atoms with van der Waals surface area (Å²) in [5, 5.41) is 8.87. The van der Waals surface area contributed by atoms with Gasteiger partial charge in [-0.1, -0.05) is 12.1 Å². The first kappa shape index (κ1) is 14.0. The lowest BCUT2D eigenvalue weighted by Crippen LogP contribution is -2.37. The number of halogens is 1. The molecule has 2 rings (SSSR count). The third-order valence-electron chi connectivity index (χ3n) is 3.76. The Hall–Kier alpha value is -1.44. The van der Waals surface area contributed by atoms with E-state index in [4.69, 9.17) is 5.26 Å². The molecular formula is C15H20FN3. The van der Waals surface area contributed by atoms with Gasteiger partial charge >= 0.3 is 0 Å². The van der Waals surface area contributed by atoms with Gasteiger partial charge in [0.25, 0.3) is 0 Å². The highest BCUT2D eigenvalue weighted by atomic mass is 19.1. The van der Waals surface area contributed by atoms with Crippen LogP contribution in [0.2, 0.25) is 0 Å². The van der Waals surface area contributed by atoms with Gasteiger partial charge in [-0.15, -0.1) is 0 Å². The predicted molar refractivity (Wildman–Crippen MR) is 73.1 cm³/mol. The summed E-state index contributed by atoms with van der Waals surface area (Å²) in [6, 6.07) is 7.36. The summed E-state index contributed by atoms with van der Waals surface area (Å²) in [5.41, 5.74) is 0.757. The van der Waals surface area contributed by atoms with Gasteiger partial charge in [0.1, 0.15) is 11.9 Å². The van der Waals surface area contributed by atoms with Crippen LogP contribution in [-0.2, 0) is 6.54 Å². The van der Waals surface area contributed by atoms with E-state index in [1.807, 2.05) is 6.07 Å². The summed E-state index contributed by atoms with van der Waals surface area (Å²) in [7, 11) is 2.12. The van der Waals surface area contributed by atoms with Crippen molar-refractivity contribution >= 4 is 0 Å². The Kier molecular flexibility index (Phi) is 4.52. The lowest BCUT2D eigenvalue weighted by atomic mass is 10.1. The maximum Gasteiger partial charge on any atom is 0.145 e. The highest BCUT2D eigenvalue weighted by molar-refractivity contribution is 5.34. The molecule has 0 bridgehead atoms. The smallest absolute Gasteiger partial charge is 0.145 e. The van der Waals surface area contributed by atoms with Crippen LogP contribution in [0, 0.1) is 17.1 Å². The highest BCUT2D eigenvalue weighted by Gasteiger charge is 2.21.